The molecule has 1 aliphatic carbocycles. The molecule has 11 heteroatoms. The first-order chi connectivity index (χ1) is 21.3. The summed E-state index contributed by atoms with van der Waals surface area (Å²) in [6, 6.07) is 14.2. The molecule has 1 atom stereocenters. The number of anilines is 1. The summed E-state index contributed by atoms with van der Waals surface area (Å²) in [5.41, 5.74) is 3.63. The van der Waals surface area contributed by atoms with Crippen molar-refractivity contribution in [1.29, 1.82) is 0 Å². The summed E-state index contributed by atoms with van der Waals surface area (Å²) < 4.78 is 42.2. The summed E-state index contributed by atoms with van der Waals surface area (Å²) in [7, 11) is -6.78. The van der Waals surface area contributed by atoms with E-state index < -0.39 is 40.8 Å². The molecule has 1 heterocycles. The monoisotopic (exact) mass is 663 g/mol. The molecule has 0 saturated carbocycles. The lowest BCUT2D eigenvalue weighted by atomic mass is 9.71. The number of nitrogens with one attached hydrogen (secondary N) is 2. The molecule has 2 N–H and O–H groups in total. The van der Waals surface area contributed by atoms with Crippen LogP contribution in [0.1, 0.15) is 72.2 Å². The van der Waals surface area contributed by atoms with Crippen molar-refractivity contribution in [3.8, 4) is 0 Å². The van der Waals surface area contributed by atoms with E-state index in [0.717, 1.165) is 28.8 Å². The van der Waals surface area contributed by atoms with Gasteiger partial charge >= 0.3 is 10.2 Å². The number of aromatic nitrogens is 1. The Kier molecular flexibility index (Phi) is 9.91. The van der Waals surface area contributed by atoms with Gasteiger partial charge in [0.1, 0.15) is 5.69 Å². The van der Waals surface area contributed by atoms with Gasteiger partial charge in [0.25, 0.3) is 11.8 Å². The second-order valence-electron chi connectivity index (χ2n) is 13.7. The van der Waals surface area contributed by atoms with E-state index in [-0.39, 0.29) is 22.2 Å². The van der Waals surface area contributed by atoms with Crippen molar-refractivity contribution in [3.05, 3.63) is 107 Å². The molecule has 0 saturated heterocycles. The number of carbonyl (C=O) groups excluding carboxylic acids is 2. The maximum atomic E-state index is 13.4. The van der Waals surface area contributed by atoms with Gasteiger partial charge in [0.05, 0.1) is 17.5 Å². The summed E-state index contributed by atoms with van der Waals surface area (Å²) in [5, 5.41) is 6.06. The first-order valence-electron chi connectivity index (χ1n) is 15.1. The number of pyridine rings is 1. The molecule has 4 rings (SSSR count). The predicted octanol–water partition coefficient (Wildman–Crippen LogP) is 7.60. The molecule has 2 amide bonds. The Labute approximate surface area is 272 Å². The highest BCUT2D eigenvalue weighted by atomic mass is 32.3. The van der Waals surface area contributed by atoms with Gasteiger partial charge in [0.2, 0.25) is 0 Å². The molecule has 0 spiro atoms. The topological polar surface area (TPSA) is 114 Å². The Bertz CT molecular complexity index is 1810. The Morgan fingerprint density at radius 1 is 1.04 bits per heavy atom. The average Bonchev–Trinajstić information content (AvgIpc) is 2.96. The van der Waals surface area contributed by atoms with Crippen LogP contribution in [-0.2, 0) is 21.3 Å². The third-order valence-electron chi connectivity index (χ3n) is 8.94. The minimum atomic E-state index is -4.87. The largest absolute Gasteiger partial charge is 0.413 e. The predicted molar refractivity (Wildman–Crippen MR) is 182 cm³/mol. The van der Waals surface area contributed by atoms with Gasteiger partial charge in [-0.15, -0.1) is 3.89 Å². The standard InChI is InChI=1S/C35H42FN3O5SSi/c1-23-19-27(45(36,42)43)16-17-28(23)32(40)39-31-14-10-13-29(35(31,5)6)25-11-9-12-26(20-25)38-33(41)30-18-15-24(21-37-30)22-44-46(7,8)34(2,3)4/h9-21,31H,22H2,1-8H3,(H,38,41)(H,39,40). The van der Waals surface area contributed by atoms with Gasteiger partial charge in [-0.3, -0.25) is 14.6 Å². The number of hydrogen-bond acceptors (Lipinski definition) is 6. The van der Waals surface area contributed by atoms with E-state index in [1.54, 1.807) is 25.3 Å². The van der Waals surface area contributed by atoms with Gasteiger partial charge in [0.15, 0.2) is 8.32 Å². The third-order valence-corrected chi connectivity index (χ3v) is 14.2. The highest BCUT2D eigenvalue weighted by molar-refractivity contribution is 7.86. The maximum Gasteiger partial charge on any atom is 0.332 e. The highest BCUT2D eigenvalue weighted by Gasteiger charge is 2.37. The summed E-state index contributed by atoms with van der Waals surface area (Å²) in [5.74, 6) is -0.742. The average molecular weight is 664 g/mol. The van der Waals surface area contributed by atoms with Gasteiger partial charge in [0, 0.05) is 22.9 Å². The number of nitrogens with zero attached hydrogens (tertiary/aromatic N) is 1. The van der Waals surface area contributed by atoms with Crippen LogP contribution < -0.4 is 10.6 Å². The summed E-state index contributed by atoms with van der Waals surface area (Å²) in [6.07, 6.45) is 7.40. The van der Waals surface area contributed by atoms with Gasteiger partial charge in [-0.2, -0.15) is 8.42 Å². The number of aryl methyl sites for hydroxylation is 1. The van der Waals surface area contributed by atoms with E-state index >= 15 is 0 Å². The zero-order valence-corrected chi connectivity index (χ0v) is 29.4. The number of amides is 2. The van der Waals surface area contributed by atoms with Gasteiger partial charge in [-0.05, 0) is 83.7 Å². The van der Waals surface area contributed by atoms with Crippen molar-refractivity contribution in [2.75, 3.05) is 5.32 Å². The fourth-order valence-electron chi connectivity index (χ4n) is 4.93. The lowest BCUT2D eigenvalue weighted by Crippen LogP contribution is -2.45. The molecule has 0 fully saturated rings. The van der Waals surface area contributed by atoms with Crippen molar-refractivity contribution < 1.29 is 26.3 Å². The number of benzene rings is 2. The van der Waals surface area contributed by atoms with E-state index in [2.05, 4.69) is 49.5 Å². The first kappa shape index (κ1) is 34.9. The number of halogens is 1. The molecule has 0 radical (unpaired) electrons. The number of rotatable bonds is 9. The maximum absolute atomic E-state index is 13.4. The minimum Gasteiger partial charge on any atom is -0.413 e. The zero-order chi connectivity index (χ0) is 34.1. The molecule has 2 aromatic carbocycles. The lowest BCUT2D eigenvalue weighted by molar-refractivity contribution is 0.0926. The van der Waals surface area contributed by atoms with Crippen LogP contribution in [0.25, 0.3) is 5.57 Å². The second-order valence-corrected chi connectivity index (χ2v) is 19.8. The van der Waals surface area contributed by atoms with Crippen molar-refractivity contribution in [2.24, 2.45) is 5.41 Å². The number of hydrogen-bond donors (Lipinski definition) is 2. The van der Waals surface area contributed by atoms with Crippen LogP contribution >= 0.6 is 0 Å². The molecule has 1 aromatic heterocycles. The molecule has 244 valence electrons. The summed E-state index contributed by atoms with van der Waals surface area (Å²) in [4.78, 5) is 30.2. The summed E-state index contributed by atoms with van der Waals surface area (Å²) in [6.45, 7) is 17.0. The number of allylic oxidation sites excluding steroid dienone is 2. The summed E-state index contributed by atoms with van der Waals surface area (Å²) >= 11 is 0. The fraction of sp³-hybridized carbons (Fsp3) is 0.343. The molecule has 3 aromatic rings. The van der Waals surface area contributed by atoms with E-state index in [0.29, 0.717) is 17.9 Å². The van der Waals surface area contributed by atoms with Crippen LogP contribution in [0.3, 0.4) is 0 Å². The molecular weight excluding hydrogens is 622 g/mol. The van der Waals surface area contributed by atoms with Crippen LogP contribution in [0.15, 0.2) is 83.9 Å². The van der Waals surface area contributed by atoms with E-state index in [9.17, 15) is 21.9 Å². The molecule has 0 bridgehead atoms. The highest BCUT2D eigenvalue weighted by Crippen LogP contribution is 2.41. The van der Waals surface area contributed by atoms with Crippen LogP contribution in [0.5, 0.6) is 0 Å². The molecule has 1 unspecified atom stereocenters. The zero-order valence-electron chi connectivity index (χ0n) is 27.6. The molecule has 1 aliphatic rings. The minimum absolute atomic E-state index is 0.0987. The molecular formula is C35H42FN3O5SSi. The van der Waals surface area contributed by atoms with Gasteiger partial charge in [-0.25, -0.2) is 0 Å². The molecule has 8 nitrogen and oxygen atoms in total. The van der Waals surface area contributed by atoms with Gasteiger partial charge < -0.3 is 15.1 Å². The van der Waals surface area contributed by atoms with Crippen molar-refractivity contribution in [2.45, 2.75) is 77.2 Å². The van der Waals surface area contributed by atoms with Crippen LogP contribution in [0.2, 0.25) is 18.1 Å². The number of carbonyl (C=O) groups is 2. The van der Waals surface area contributed by atoms with Crippen LogP contribution in [-0.4, -0.2) is 39.6 Å². The van der Waals surface area contributed by atoms with Crippen molar-refractivity contribution in [1.82, 2.24) is 10.3 Å². The molecule has 0 aliphatic heterocycles. The Morgan fingerprint density at radius 3 is 2.37 bits per heavy atom. The first-order valence-corrected chi connectivity index (χ1v) is 19.3. The Balaban J connectivity index is 1.44. The lowest BCUT2D eigenvalue weighted by Gasteiger charge is -2.38. The smallest absolute Gasteiger partial charge is 0.332 e. The van der Waals surface area contributed by atoms with Crippen LogP contribution in [0.4, 0.5) is 9.57 Å². The fourth-order valence-corrected chi connectivity index (χ4v) is 6.44. The van der Waals surface area contributed by atoms with Crippen molar-refractivity contribution in [3.63, 3.8) is 0 Å². The van der Waals surface area contributed by atoms with Crippen molar-refractivity contribution >= 4 is 41.6 Å². The normalized spacial score (nSPS) is 16.5. The quantitative estimate of drug-likeness (QED) is 0.180. The van der Waals surface area contributed by atoms with Gasteiger partial charge in [-0.1, -0.05) is 71.0 Å². The van der Waals surface area contributed by atoms with E-state index in [4.69, 9.17) is 4.43 Å². The Morgan fingerprint density at radius 2 is 1.76 bits per heavy atom. The SMILES string of the molecule is Cc1cc(S(=O)(=O)F)ccc1C(=O)NC1C=CC=C(c2cccc(NC(=O)c3ccc(CO[Si](C)(C)C(C)(C)C)cn3)c2)C1(C)C. The van der Waals surface area contributed by atoms with E-state index in [1.807, 2.05) is 56.3 Å². The van der Waals surface area contributed by atoms with Crippen LogP contribution in [0, 0.1) is 12.3 Å². The molecule has 46 heavy (non-hydrogen) atoms. The second kappa shape index (κ2) is 13.1. The Hall–Kier alpha value is -3.93. The third kappa shape index (κ3) is 7.88. The van der Waals surface area contributed by atoms with E-state index in [1.165, 1.54) is 6.07 Å².